The van der Waals surface area contributed by atoms with E-state index in [1.165, 1.54) is 0 Å². The maximum atomic E-state index is 10.7. The van der Waals surface area contributed by atoms with Crippen LogP contribution in [0.4, 0.5) is 5.95 Å². The van der Waals surface area contributed by atoms with Crippen LogP contribution in [0.1, 0.15) is 0 Å². The molecule has 0 atom stereocenters. The van der Waals surface area contributed by atoms with Gasteiger partial charge in [-0.3, -0.25) is 5.73 Å². The molecule has 2 aromatic rings. The molecule has 78 valence electrons. The number of imidazole rings is 1. The van der Waals surface area contributed by atoms with Crippen molar-refractivity contribution >= 4 is 23.0 Å². The maximum Gasteiger partial charge on any atom is 0.356 e. The highest BCUT2D eigenvalue weighted by atomic mass is 16.4. The number of hydrogen-bond donors (Lipinski definition) is 2. The number of aryl methyl sites for hydroxylation is 1. The number of aromatic nitrogens is 2. The van der Waals surface area contributed by atoms with Crippen molar-refractivity contribution < 1.29 is 14.5 Å². The lowest BCUT2D eigenvalue weighted by Gasteiger charge is -1.95. The number of rotatable bonds is 2. The van der Waals surface area contributed by atoms with Crippen LogP contribution >= 0.6 is 0 Å². The van der Waals surface area contributed by atoms with Crippen molar-refractivity contribution in [3.8, 4) is 0 Å². The molecule has 0 aliphatic carbocycles. The van der Waals surface area contributed by atoms with E-state index in [0.29, 0.717) is 5.95 Å². The summed E-state index contributed by atoms with van der Waals surface area (Å²) in [6.45, 7) is -0.118. The highest BCUT2D eigenvalue weighted by molar-refractivity contribution is 5.77. The van der Waals surface area contributed by atoms with Crippen molar-refractivity contribution in [1.82, 2.24) is 4.57 Å². The molecular weight excluding hydrogens is 194 g/mol. The summed E-state index contributed by atoms with van der Waals surface area (Å²) < 4.78 is 3.36. The number of para-hydroxylation sites is 2. The molecule has 0 spiro atoms. The minimum atomic E-state index is -0.900. The lowest BCUT2D eigenvalue weighted by molar-refractivity contribution is -0.630. The van der Waals surface area contributed by atoms with Gasteiger partial charge in [-0.15, -0.1) is 0 Å². The van der Waals surface area contributed by atoms with Crippen molar-refractivity contribution in [2.24, 2.45) is 7.05 Å². The highest BCUT2D eigenvalue weighted by Gasteiger charge is 2.19. The summed E-state index contributed by atoms with van der Waals surface area (Å²) in [7, 11) is 1.82. The summed E-state index contributed by atoms with van der Waals surface area (Å²) in [6.07, 6.45) is 0. The fraction of sp³-hybridized carbons (Fsp3) is 0.200. The van der Waals surface area contributed by atoms with Gasteiger partial charge in [0.15, 0.2) is 6.54 Å². The Morgan fingerprint density at radius 1 is 1.53 bits per heavy atom. The van der Waals surface area contributed by atoms with E-state index in [1.807, 2.05) is 31.3 Å². The third-order valence-corrected chi connectivity index (χ3v) is 2.45. The van der Waals surface area contributed by atoms with E-state index in [2.05, 4.69) is 0 Å². The van der Waals surface area contributed by atoms with E-state index in [1.54, 1.807) is 9.13 Å². The summed E-state index contributed by atoms with van der Waals surface area (Å²) in [4.78, 5) is 10.7. The molecule has 15 heavy (non-hydrogen) atoms. The number of carbonyl (C=O) groups is 1. The van der Waals surface area contributed by atoms with Crippen molar-refractivity contribution in [2.75, 3.05) is 5.73 Å². The Hall–Kier alpha value is -2.04. The van der Waals surface area contributed by atoms with Crippen LogP contribution in [0.15, 0.2) is 24.3 Å². The standard InChI is InChI=1S/C10H11N3O2/c1-12-7-4-2-3-5-8(7)13(10(12)11)6-9(14)15/h2-5,11H,6H2,1H3,(H,14,15)/p+1. The summed E-state index contributed by atoms with van der Waals surface area (Å²) in [5.41, 5.74) is 7.59. The second kappa shape index (κ2) is 3.27. The van der Waals surface area contributed by atoms with E-state index >= 15 is 0 Å². The molecule has 0 saturated carbocycles. The molecule has 0 radical (unpaired) electrons. The number of nitrogen functional groups attached to an aromatic ring is 1. The number of aliphatic carboxylic acids is 1. The van der Waals surface area contributed by atoms with Crippen LogP contribution in [0.25, 0.3) is 11.0 Å². The number of fused-ring (bicyclic) bond motifs is 1. The minimum absolute atomic E-state index is 0.118. The first kappa shape index (κ1) is 9.51. The molecule has 2 rings (SSSR count). The fourth-order valence-corrected chi connectivity index (χ4v) is 1.71. The van der Waals surface area contributed by atoms with E-state index in [0.717, 1.165) is 11.0 Å². The number of carboxylic acid groups (broad SMARTS) is 1. The average Bonchev–Trinajstić information content (AvgIpc) is 2.44. The van der Waals surface area contributed by atoms with E-state index in [4.69, 9.17) is 10.8 Å². The Morgan fingerprint density at radius 2 is 2.20 bits per heavy atom. The quantitative estimate of drug-likeness (QED) is 0.686. The second-order valence-corrected chi connectivity index (χ2v) is 3.39. The van der Waals surface area contributed by atoms with E-state index < -0.39 is 5.97 Å². The Kier molecular flexibility index (Phi) is 2.07. The van der Waals surface area contributed by atoms with Gasteiger partial charge in [0.25, 0.3) is 0 Å². The van der Waals surface area contributed by atoms with Gasteiger partial charge >= 0.3 is 11.9 Å². The van der Waals surface area contributed by atoms with Crippen LogP contribution in [0.2, 0.25) is 0 Å². The number of nitrogens with zero attached hydrogens (tertiary/aromatic N) is 2. The number of anilines is 1. The van der Waals surface area contributed by atoms with Crippen LogP contribution in [-0.2, 0) is 18.4 Å². The maximum absolute atomic E-state index is 10.7. The zero-order valence-electron chi connectivity index (χ0n) is 8.34. The zero-order valence-corrected chi connectivity index (χ0v) is 8.34. The largest absolute Gasteiger partial charge is 0.479 e. The van der Waals surface area contributed by atoms with Gasteiger partial charge in [-0.05, 0) is 12.1 Å². The van der Waals surface area contributed by atoms with Crippen molar-refractivity contribution in [2.45, 2.75) is 6.54 Å². The predicted octanol–water partition coefficient (Wildman–Crippen LogP) is 0.133. The van der Waals surface area contributed by atoms with Gasteiger partial charge in [0.1, 0.15) is 11.0 Å². The molecule has 3 N–H and O–H groups in total. The Bertz CT molecular complexity index is 531. The van der Waals surface area contributed by atoms with E-state index in [9.17, 15) is 4.79 Å². The third kappa shape index (κ3) is 1.41. The Balaban J connectivity index is 2.72. The number of hydrogen-bond acceptors (Lipinski definition) is 2. The molecule has 0 amide bonds. The summed E-state index contributed by atoms with van der Waals surface area (Å²) in [6, 6.07) is 7.52. The Morgan fingerprint density at radius 3 is 2.87 bits per heavy atom. The van der Waals surface area contributed by atoms with Gasteiger partial charge in [0.05, 0.1) is 7.05 Å². The molecule has 5 heteroatoms. The molecule has 0 bridgehead atoms. The molecule has 5 nitrogen and oxygen atoms in total. The number of nitrogens with two attached hydrogens (primary N) is 1. The molecule has 1 aromatic carbocycles. The highest BCUT2D eigenvalue weighted by Crippen LogP contribution is 2.14. The van der Waals surface area contributed by atoms with Crippen molar-refractivity contribution in [1.29, 1.82) is 0 Å². The van der Waals surface area contributed by atoms with E-state index in [-0.39, 0.29) is 6.54 Å². The van der Waals surface area contributed by atoms with Crippen molar-refractivity contribution in [3.05, 3.63) is 24.3 Å². The first-order chi connectivity index (χ1) is 7.11. The second-order valence-electron chi connectivity index (χ2n) is 3.39. The summed E-state index contributed by atoms with van der Waals surface area (Å²) in [5.74, 6) is -0.457. The smallest absolute Gasteiger partial charge is 0.356 e. The van der Waals surface area contributed by atoms with Crippen LogP contribution in [0, 0.1) is 0 Å². The minimum Gasteiger partial charge on any atom is -0.479 e. The molecule has 0 unspecified atom stereocenters. The van der Waals surface area contributed by atoms with Crippen molar-refractivity contribution in [3.63, 3.8) is 0 Å². The van der Waals surface area contributed by atoms with Gasteiger partial charge in [0.2, 0.25) is 0 Å². The van der Waals surface area contributed by atoms with Crippen LogP contribution in [0.3, 0.4) is 0 Å². The average molecular weight is 206 g/mol. The van der Waals surface area contributed by atoms with Gasteiger partial charge in [-0.25, -0.2) is 13.9 Å². The SMILES string of the molecule is C[n+]1c(N)n(CC(=O)O)c2ccccc21. The monoisotopic (exact) mass is 206 g/mol. The molecular formula is C10H12N3O2+. The van der Waals surface area contributed by atoms with Gasteiger partial charge < -0.3 is 5.11 Å². The first-order valence-electron chi connectivity index (χ1n) is 4.56. The molecule has 1 aromatic heterocycles. The number of carboxylic acids is 1. The lowest BCUT2D eigenvalue weighted by Crippen LogP contribution is -2.31. The molecule has 0 aliphatic rings. The molecule has 1 heterocycles. The number of benzene rings is 1. The van der Waals surface area contributed by atoms with Gasteiger partial charge in [-0.2, -0.15) is 0 Å². The molecule has 0 fully saturated rings. The van der Waals surface area contributed by atoms with Crippen LogP contribution in [-0.4, -0.2) is 15.6 Å². The zero-order chi connectivity index (χ0) is 11.0. The third-order valence-electron chi connectivity index (χ3n) is 2.45. The Labute approximate surface area is 86.4 Å². The lowest BCUT2D eigenvalue weighted by atomic mass is 10.3. The first-order valence-corrected chi connectivity index (χ1v) is 4.56. The topological polar surface area (TPSA) is 72.1 Å². The van der Waals surface area contributed by atoms with Crippen LogP contribution < -0.4 is 10.3 Å². The molecule has 0 saturated heterocycles. The summed E-state index contributed by atoms with van der Waals surface area (Å²) >= 11 is 0. The fourth-order valence-electron chi connectivity index (χ4n) is 1.71. The van der Waals surface area contributed by atoms with Gasteiger partial charge in [-0.1, -0.05) is 12.1 Å². The van der Waals surface area contributed by atoms with Gasteiger partial charge in [0, 0.05) is 0 Å². The molecule has 0 aliphatic heterocycles. The van der Waals surface area contributed by atoms with Crippen LogP contribution in [0.5, 0.6) is 0 Å². The normalized spacial score (nSPS) is 10.7. The predicted molar refractivity (Wildman–Crippen MR) is 55.2 cm³/mol. The summed E-state index contributed by atoms with van der Waals surface area (Å²) in [5, 5.41) is 8.77.